The van der Waals surface area contributed by atoms with Crippen molar-refractivity contribution in [3.63, 3.8) is 0 Å². The van der Waals surface area contributed by atoms with Crippen molar-refractivity contribution >= 4 is 44.4 Å². The van der Waals surface area contributed by atoms with Crippen LogP contribution >= 0.6 is 31.9 Å². The van der Waals surface area contributed by atoms with Gasteiger partial charge in [0.15, 0.2) is 0 Å². The van der Waals surface area contributed by atoms with Gasteiger partial charge in [-0.05, 0) is 22.3 Å². The summed E-state index contributed by atoms with van der Waals surface area (Å²) in [5, 5.41) is 0. The minimum Gasteiger partial charge on any atom is -0.302 e. The average Bonchev–Trinajstić information content (AvgIpc) is 2.53. The molecular weight excluding hydrogens is 384 g/mol. The van der Waals surface area contributed by atoms with Gasteiger partial charge in [-0.15, -0.1) is 0 Å². The Bertz CT molecular complexity index is 535. The summed E-state index contributed by atoms with van der Waals surface area (Å²) >= 11 is 6.59. The van der Waals surface area contributed by atoms with Crippen LogP contribution < -0.4 is 0 Å². The number of benzene rings is 2. The Labute approximate surface area is 134 Å². The molecule has 0 fully saturated rings. The molecule has 0 aromatic heterocycles. The Kier molecular flexibility index (Phi) is 5.26. The normalized spacial score (nSPS) is 13.5. The predicted octanol–water partition coefficient (Wildman–Crippen LogP) is 4.62. The SMILES string of the molecule is O=CC(Br)c1ccc(-c2ccc(C(Br)C=O)cc2)cc1. The van der Waals surface area contributed by atoms with E-state index in [9.17, 15) is 9.59 Å². The van der Waals surface area contributed by atoms with Crippen molar-refractivity contribution in [2.75, 3.05) is 0 Å². The lowest BCUT2D eigenvalue weighted by Crippen LogP contribution is -1.91. The van der Waals surface area contributed by atoms with Gasteiger partial charge in [0, 0.05) is 0 Å². The van der Waals surface area contributed by atoms with Gasteiger partial charge in [0.1, 0.15) is 12.6 Å². The lowest BCUT2D eigenvalue weighted by molar-refractivity contribution is -0.108. The molecule has 102 valence electrons. The molecule has 0 saturated heterocycles. The molecule has 2 rings (SSSR count). The minimum atomic E-state index is -0.263. The average molecular weight is 396 g/mol. The van der Waals surface area contributed by atoms with Gasteiger partial charge in [-0.3, -0.25) is 0 Å². The maximum Gasteiger partial charge on any atom is 0.138 e. The fourth-order valence-corrected chi connectivity index (χ4v) is 2.49. The Hall–Kier alpha value is -1.26. The van der Waals surface area contributed by atoms with Crippen molar-refractivity contribution in [3.8, 4) is 11.1 Å². The number of aldehydes is 2. The quantitative estimate of drug-likeness (QED) is 0.546. The van der Waals surface area contributed by atoms with E-state index in [1.165, 1.54) is 0 Å². The highest BCUT2D eigenvalue weighted by Crippen LogP contribution is 2.27. The molecule has 2 aromatic carbocycles. The summed E-state index contributed by atoms with van der Waals surface area (Å²) in [6, 6.07) is 15.6. The number of carbonyl (C=O) groups excluding carboxylic acids is 2. The highest BCUT2D eigenvalue weighted by atomic mass is 79.9. The van der Waals surface area contributed by atoms with E-state index in [-0.39, 0.29) is 9.65 Å². The number of hydrogen-bond donors (Lipinski definition) is 0. The van der Waals surface area contributed by atoms with E-state index < -0.39 is 0 Å². The Morgan fingerprint density at radius 1 is 0.650 bits per heavy atom. The van der Waals surface area contributed by atoms with Crippen molar-refractivity contribution in [2.24, 2.45) is 0 Å². The van der Waals surface area contributed by atoms with Crippen LogP contribution in [0.3, 0.4) is 0 Å². The van der Waals surface area contributed by atoms with Gasteiger partial charge in [-0.2, -0.15) is 0 Å². The Balaban J connectivity index is 2.23. The second kappa shape index (κ2) is 6.95. The topological polar surface area (TPSA) is 34.1 Å². The third-order valence-electron chi connectivity index (χ3n) is 3.03. The molecule has 0 bridgehead atoms. The van der Waals surface area contributed by atoms with E-state index in [0.29, 0.717) is 0 Å². The van der Waals surface area contributed by atoms with Crippen molar-refractivity contribution in [2.45, 2.75) is 9.65 Å². The summed E-state index contributed by atoms with van der Waals surface area (Å²) in [4.78, 5) is 20.9. The van der Waals surface area contributed by atoms with E-state index in [1.807, 2.05) is 48.5 Å². The van der Waals surface area contributed by atoms with Crippen LogP contribution in [0.15, 0.2) is 48.5 Å². The molecule has 20 heavy (non-hydrogen) atoms. The molecule has 0 aliphatic carbocycles. The van der Waals surface area contributed by atoms with Gasteiger partial charge in [-0.25, -0.2) is 0 Å². The van der Waals surface area contributed by atoms with Crippen LogP contribution in [-0.2, 0) is 9.59 Å². The lowest BCUT2D eigenvalue weighted by atomic mass is 10.0. The zero-order valence-corrected chi connectivity index (χ0v) is 13.7. The molecule has 0 amide bonds. The number of alkyl halides is 2. The summed E-state index contributed by atoms with van der Waals surface area (Å²) < 4.78 is 0. The molecule has 0 spiro atoms. The number of hydrogen-bond acceptors (Lipinski definition) is 2. The predicted molar refractivity (Wildman–Crippen MR) is 87.3 cm³/mol. The zero-order chi connectivity index (χ0) is 14.5. The first-order valence-electron chi connectivity index (χ1n) is 6.04. The molecule has 2 nitrogen and oxygen atoms in total. The fourth-order valence-electron chi connectivity index (χ4n) is 1.88. The second-order valence-corrected chi connectivity index (χ2v) is 6.29. The molecule has 0 N–H and O–H groups in total. The largest absolute Gasteiger partial charge is 0.302 e. The molecule has 0 aliphatic rings. The van der Waals surface area contributed by atoms with Gasteiger partial charge in [0.2, 0.25) is 0 Å². The zero-order valence-electron chi connectivity index (χ0n) is 10.5. The Morgan fingerprint density at radius 2 is 0.950 bits per heavy atom. The van der Waals surface area contributed by atoms with Crippen LogP contribution in [0.2, 0.25) is 0 Å². The van der Waals surface area contributed by atoms with Gasteiger partial charge < -0.3 is 9.59 Å². The van der Waals surface area contributed by atoms with E-state index >= 15 is 0 Å². The number of halogens is 2. The minimum absolute atomic E-state index is 0.263. The van der Waals surface area contributed by atoms with E-state index in [2.05, 4.69) is 31.9 Å². The first kappa shape index (κ1) is 15.1. The van der Waals surface area contributed by atoms with Crippen LogP contribution in [0.4, 0.5) is 0 Å². The molecule has 2 atom stereocenters. The summed E-state index contributed by atoms with van der Waals surface area (Å²) in [6.45, 7) is 0. The summed E-state index contributed by atoms with van der Waals surface area (Å²) in [6.07, 6.45) is 1.72. The third kappa shape index (κ3) is 3.44. The molecule has 4 heteroatoms. The van der Waals surface area contributed by atoms with Crippen molar-refractivity contribution in [1.29, 1.82) is 0 Å². The van der Waals surface area contributed by atoms with E-state index in [1.54, 1.807) is 0 Å². The smallest absolute Gasteiger partial charge is 0.138 e. The van der Waals surface area contributed by atoms with Crippen LogP contribution in [0, 0.1) is 0 Å². The van der Waals surface area contributed by atoms with Crippen LogP contribution in [0.1, 0.15) is 20.8 Å². The highest BCUT2D eigenvalue weighted by molar-refractivity contribution is 9.09. The lowest BCUT2D eigenvalue weighted by Gasteiger charge is -2.07. The summed E-state index contributed by atoms with van der Waals surface area (Å²) in [5.41, 5.74) is 4.01. The van der Waals surface area contributed by atoms with Crippen molar-refractivity contribution in [1.82, 2.24) is 0 Å². The van der Waals surface area contributed by atoms with E-state index in [4.69, 9.17) is 0 Å². The van der Waals surface area contributed by atoms with Gasteiger partial charge in [0.05, 0.1) is 9.65 Å². The third-order valence-corrected chi connectivity index (χ3v) is 4.52. The van der Waals surface area contributed by atoms with Gasteiger partial charge in [-0.1, -0.05) is 80.4 Å². The van der Waals surface area contributed by atoms with Crippen LogP contribution in [0.5, 0.6) is 0 Å². The molecule has 2 unspecified atom stereocenters. The molecule has 2 aromatic rings. The maximum absolute atomic E-state index is 10.7. The fraction of sp³-hybridized carbons (Fsp3) is 0.125. The van der Waals surface area contributed by atoms with Crippen molar-refractivity contribution < 1.29 is 9.59 Å². The molecule has 0 radical (unpaired) electrons. The van der Waals surface area contributed by atoms with Crippen LogP contribution in [0.25, 0.3) is 11.1 Å². The van der Waals surface area contributed by atoms with E-state index in [0.717, 1.165) is 34.8 Å². The first-order chi connectivity index (χ1) is 9.65. The molecule has 0 aliphatic heterocycles. The molecular formula is C16H12Br2O2. The summed E-state index contributed by atoms with van der Waals surface area (Å²) in [5.74, 6) is 0. The van der Waals surface area contributed by atoms with Gasteiger partial charge in [0.25, 0.3) is 0 Å². The first-order valence-corrected chi connectivity index (χ1v) is 7.88. The Morgan fingerprint density at radius 3 is 1.20 bits per heavy atom. The standard InChI is InChI=1S/C16H12Br2O2/c17-15(9-19)13-5-1-11(2-6-13)12-3-7-14(8-4-12)16(18)10-20/h1-10,15-16H. The van der Waals surface area contributed by atoms with Gasteiger partial charge >= 0.3 is 0 Å². The highest BCUT2D eigenvalue weighted by Gasteiger charge is 2.07. The van der Waals surface area contributed by atoms with Crippen LogP contribution in [-0.4, -0.2) is 12.6 Å². The maximum atomic E-state index is 10.7. The molecule has 0 saturated carbocycles. The van der Waals surface area contributed by atoms with Crippen molar-refractivity contribution in [3.05, 3.63) is 59.7 Å². The summed E-state index contributed by atoms with van der Waals surface area (Å²) in [7, 11) is 0. The monoisotopic (exact) mass is 394 g/mol. The molecule has 0 heterocycles. The number of rotatable bonds is 5. The number of carbonyl (C=O) groups is 2. The second-order valence-electron chi connectivity index (χ2n) is 4.32.